The van der Waals surface area contributed by atoms with Gasteiger partial charge < -0.3 is 10.4 Å². The zero-order chi connectivity index (χ0) is 12.7. The van der Waals surface area contributed by atoms with Crippen LogP contribution >= 0.6 is 0 Å². The van der Waals surface area contributed by atoms with E-state index in [0.717, 1.165) is 5.56 Å². The van der Waals surface area contributed by atoms with Gasteiger partial charge in [0, 0.05) is 6.42 Å². The largest absolute Gasteiger partial charge is 0.480 e. The first-order chi connectivity index (χ1) is 8.13. The summed E-state index contributed by atoms with van der Waals surface area (Å²) < 4.78 is 0. The third-order valence-electron chi connectivity index (χ3n) is 2.22. The molecule has 90 valence electrons. The first kappa shape index (κ1) is 13.0. The maximum absolute atomic E-state index is 11.3. The van der Waals surface area contributed by atoms with E-state index >= 15 is 0 Å². The van der Waals surface area contributed by atoms with Gasteiger partial charge in [-0.25, -0.2) is 4.79 Å². The van der Waals surface area contributed by atoms with Crippen molar-refractivity contribution in [1.82, 2.24) is 5.32 Å². The highest BCUT2D eigenvalue weighted by molar-refractivity contribution is 5.91. The molecule has 17 heavy (non-hydrogen) atoms. The molecule has 0 aliphatic carbocycles. The number of carboxylic acids is 1. The molecule has 0 saturated heterocycles. The Morgan fingerprint density at radius 1 is 1.35 bits per heavy atom. The SMILES string of the molecule is CC=CC(=O)N[C@@H](Cc1ccccc1)C(=O)O. The van der Waals surface area contributed by atoms with Crippen molar-refractivity contribution in [2.75, 3.05) is 0 Å². The number of amides is 1. The average Bonchev–Trinajstić information content (AvgIpc) is 2.29. The van der Waals surface area contributed by atoms with E-state index in [-0.39, 0.29) is 6.42 Å². The number of carboxylic acid groups (broad SMARTS) is 1. The lowest BCUT2D eigenvalue weighted by atomic mass is 10.1. The minimum absolute atomic E-state index is 0.277. The van der Waals surface area contributed by atoms with Gasteiger partial charge in [-0.1, -0.05) is 36.4 Å². The average molecular weight is 233 g/mol. The normalized spacial score (nSPS) is 12.3. The highest BCUT2D eigenvalue weighted by Gasteiger charge is 2.18. The van der Waals surface area contributed by atoms with Crippen LogP contribution in [0.3, 0.4) is 0 Å². The van der Waals surface area contributed by atoms with Crippen molar-refractivity contribution in [3.05, 3.63) is 48.0 Å². The summed E-state index contributed by atoms with van der Waals surface area (Å²) in [5.74, 6) is -1.43. The molecular weight excluding hydrogens is 218 g/mol. The van der Waals surface area contributed by atoms with Gasteiger partial charge >= 0.3 is 5.97 Å². The van der Waals surface area contributed by atoms with Gasteiger partial charge in [0.2, 0.25) is 5.91 Å². The van der Waals surface area contributed by atoms with Gasteiger partial charge in [0.1, 0.15) is 6.04 Å². The second-order valence-corrected chi connectivity index (χ2v) is 3.59. The van der Waals surface area contributed by atoms with Crippen LogP contribution in [0.1, 0.15) is 12.5 Å². The van der Waals surface area contributed by atoms with Crippen LogP contribution in [0.15, 0.2) is 42.5 Å². The van der Waals surface area contributed by atoms with Crippen LogP contribution in [0.25, 0.3) is 0 Å². The Kier molecular flexibility index (Phi) is 4.94. The van der Waals surface area contributed by atoms with Gasteiger partial charge in [-0.15, -0.1) is 0 Å². The smallest absolute Gasteiger partial charge is 0.326 e. The molecular formula is C13H15NO3. The molecule has 4 nitrogen and oxygen atoms in total. The van der Waals surface area contributed by atoms with Crippen LogP contribution in [0.5, 0.6) is 0 Å². The molecule has 4 heteroatoms. The van der Waals surface area contributed by atoms with Crippen LogP contribution in [0, 0.1) is 0 Å². The van der Waals surface area contributed by atoms with Crippen molar-refractivity contribution < 1.29 is 14.7 Å². The molecule has 2 N–H and O–H groups in total. The number of aliphatic carboxylic acids is 1. The number of carbonyl (C=O) groups is 2. The fourth-order valence-corrected chi connectivity index (χ4v) is 1.42. The van der Waals surface area contributed by atoms with Gasteiger partial charge in [0.15, 0.2) is 0 Å². The molecule has 0 aliphatic rings. The van der Waals surface area contributed by atoms with E-state index in [1.165, 1.54) is 6.08 Å². The number of rotatable bonds is 5. The molecule has 0 unspecified atom stereocenters. The first-order valence-corrected chi connectivity index (χ1v) is 5.33. The molecule has 1 amide bonds. The number of benzene rings is 1. The predicted octanol–water partition coefficient (Wildman–Crippen LogP) is 1.37. The highest BCUT2D eigenvalue weighted by Crippen LogP contribution is 2.03. The Labute approximate surface area is 100.0 Å². The molecule has 0 bridgehead atoms. The molecule has 1 aromatic carbocycles. The van der Waals surface area contributed by atoms with E-state index < -0.39 is 17.9 Å². The van der Waals surface area contributed by atoms with Crippen molar-refractivity contribution in [1.29, 1.82) is 0 Å². The van der Waals surface area contributed by atoms with Crippen LogP contribution in [-0.2, 0) is 16.0 Å². The Balaban J connectivity index is 2.67. The molecule has 0 heterocycles. The predicted molar refractivity (Wildman–Crippen MR) is 64.5 cm³/mol. The second kappa shape index (κ2) is 6.48. The lowest BCUT2D eigenvalue weighted by Crippen LogP contribution is -2.41. The van der Waals surface area contributed by atoms with Crippen molar-refractivity contribution in [2.24, 2.45) is 0 Å². The van der Waals surface area contributed by atoms with Crippen LogP contribution < -0.4 is 5.32 Å². The lowest BCUT2D eigenvalue weighted by molar-refractivity contribution is -0.141. The molecule has 0 radical (unpaired) electrons. The maximum atomic E-state index is 11.3. The van der Waals surface area contributed by atoms with Crippen LogP contribution in [0.2, 0.25) is 0 Å². The summed E-state index contributed by atoms with van der Waals surface area (Å²) in [6, 6.07) is 8.29. The molecule has 0 spiro atoms. The lowest BCUT2D eigenvalue weighted by Gasteiger charge is -2.13. The van der Waals surface area contributed by atoms with Crippen molar-refractivity contribution in [3.63, 3.8) is 0 Å². The van der Waals surface area contributed by atoms with Gasteiger partial charge in [0.25, 0.3) is 0 Å². The molecule has 0 fully saturated rings. The number of hydrogen-bond donors (Lipinski definition) is 2. The summed E-state index contributed by atoms with van der Waals surface area (Å²) in [7, 11) is 0. The Morgan fingerprint density at radius 2 is 2.00 bits per heavy atom. The van der Waals surface area contributed by atoms with E-state index in [1.807, 2.05) is 30.3 Å². The Bertz CT molecular complexity index is 412. The van der Waals surface area contributed by atoms with Crippen molar-refractivity contribution in [2.45, 2.75) is 19.4 Å². The second-order valence-electron chi connectivity index (χ2n) is 3.59. The summed E-state index contributed by atoms with van der Waals surface area (Å²) >= 11 is 0. The topological polar surface area (TPSA) is 66.4 Å². The van der Waals surface area contributed by atoms with Gasteiger partial charge in [-0.05, 0) is 18.6 Å². The Morgan fingerprint density at radius 3 is 2.53 bits per heavy atom. The summed E-state index contributed by atoms with van der Waals surface area (Å²) in [5.41, 5.74) is 0.876. The molecule has 1 aromatic rings. The quantitative estimate of drug-likeness (QED) is 0.755. The summed E-state index contributed by atoms with van der Waals surface area (Å²) in [5, 5.41) is 11.5. The summed E-state index contributed by atoms with van der Waals surface area (Å²) in [6.07, 6.45) is 3.15. The minimum Gasteiger partial charge on any atom is -0.480 e. The number of nitrogens with one attached hydrogen (secondary N) is 1. The van der Waals surface area contributed by atoms with E-state index in [2.05, 4.69) is 5.32 Å². The first-order valence-electron chi connectivity index (χ1n) is 5.33. The standard InChI is InChI=1S/C13H15NO3/c1-2-6-12(15)14-11(13(16)17)9-10-7-4-3-5-8-10/h2-8,11H,9H2,1H3,(H,14,15)(H,16,17)/t11-/m0/s1. The van der Waals surface area contributed by atoms with Gasteiger partial charge in [0.05, 0.1) is 0 Å². The van der Waals surface area contributed by atoms with Gasteiger partial charge in [-0.2, -0.15) is 0 Å². The zero-order valence-electron chi connectivity index (χ0n) is 9.59. The molecule has 0 aliphatic heterocycles. The summed E-state index contributed by atoms with van der Waals surface area (Å²) in [6.45, 7) is 1.70. The Hall–Kier alpha value is -2.10. The minimum atomic E-state index is -1.04. The van der Waals surface area contributed by atoms with Crippen molar-refractivity contribution >= 4 is 11.9 Å². The third-order valence-corrected chi connectivity index (χ3v) is 2.22. The number of carbonyl (C=O) groups excluding carboxylic acids is 1. The fourth-order valence-electron chi connectivity index (χ4n) is 1.42. The zero-order valence-corrected chi connectivity index (χ0v) is 9.59. The molecule has 0 aromatic heterocycles. The highest BCUT2D eigenvalue weighted by atomic mass is 16.4. The van der Waals surface area contributed by atoms with E-state index in [1.54, 1.807) is 13.0 Å². The van der Waals surface area contributed by atoms with Gasteiger partial charge in [-0.3, -0.25) is 4.79 Å². The van der Waals surface area contributed by atoms with Crippen LogP contribution in [0.4, 0.5) is 0 Å². The third kappa shape index (κ3) is 4.51. The molecule has 0 saturated carbocycles. The molecule has 1 rings (SSSR count). The monoisotopic (exact) mass is 233 g/mol. The fraction of sp³-hybridized carbons (Fsp3) is 0.231. The summed E-state index contributed by atoms with van der Waals surface area (Å²) in [4.78, 5) is 22.3. The van der Waals surface area contributed by atoms with E-state index in [9.17, 15) is 9.59 Å². The van der Waals surface area contributed by atoms with E-state index in [4.69, 9.17) is 5.11 Å². The van der Waals surface area contributed by atoms with E-state index in [0.29, 0.717) is 0 Å². The van der Waals surface area contributed by atoms with Crippen LogP contribution in [-0.4, -0.2) is 23.0 Å². The number of hydrogen-bond acceptors (Lipinski definition) is 2. The molecule has 1 atom stereocenters. The maximum Gasteiger partial charge on any atom is 0.326 e. The number of allylic oxidation sites excluding steroid dienone is 1. The van der Waals surface area contributed by atoms with Crippen molar-refractivity contribution in [3.8, 4) is 0 Å².